The first-order valence-corrected chi connectivity index (χ1v) is 5.52. The van der Waals surface area contributed by atoms with Gasteiger partial charge in [-0.2, -0.15) is 0 Å². The molecule has 3 heteroatoms. The lowest BCUT2D eigenvalue weighted by Crippen LogP contribution is -2.23. The summed E-state index contributed by atoms with van der Waals surface area (Å²) in [7, 11) is 0. The molecule has 0 radical (unpaired) electrons. The number of thiocarbonyl (C=S) groups is 1. The zero-order chi connectivity index (χ0) is 11.4. The zero-order valence-electron chi connectivity index (χ0n) is 9.50. The third kappa shape index (κ3) is 3.88. The number of nitrogens with two attached hydrogens (primary N) is 1. The second kappa shape index (κ2) is 5.12. The van der Waals surface area contributed by atoms with E-state index in [0.29, 0.717) is 4.99 Å². The maximum absolute atomic E-state index is 5.50. The van der Waals surface area contributed by atoms with Crippen LogP contribution in [-0.4, -0.2) is 11.0 Å². The van der Waals surface area contributed by atoms with E-state index in [9.17, 15) is 0 Å². The van der Waals surface area contributed by atoms with Crippen molar-refractivity contribution in [2.24, 2.45) is 5.73 Å². The predicted octanol–water partition coefficient (Wildman–Crippen LogP) is 2.78. The number of hydrogen-bond donors (Lipinski definition) is 2. The van der Waals surface area contributed by atoms with Gasteiger partial charge in [0.05, 0.1) is 4.99 Å². The molecule has 1 aromatic carbocycles. The molecule has 3 N–H and O–H groups in total. The first kappa shape index (κ1) is 12.0. The molecule has 0 saturated carbocycles. The summed E-state index contributed by atoms with van der Waals surface area (Å²) in [5.41, 5.74) is 9.19. The van der Waals surface area contributed by atoms with Crippen LogP contribution < -0.4 is 11.1 Å². The number of benzene rings is 1. The van der Waals surface area contributed by atoms with Gasteiger partial charge >= 0.3 is 0 Å². The first-order valence-electron chi connectivity index (χ1n) is 5.11. The maximum atomic E-state index is 5.50. The third-order valence-corrected chi connectivity index (χ3v) is 2.46. The van der Waals surface area contributed by atoms with Crippen LogP contribution in [0, 0.1) is 13.8 Å². The molecule has 1 aromatic rings. The van der Waals surface area contributed by atoms with E-state index in [1.165, 1.54) is 11.1 Å². The number of hydrogen-bond acceptors (Lipinski definition) is 2. The Morgan fingerprint density at radius 3 is 2.67 bits per heavy atom. The molecule has 0 aliphatic carbocycles. The number of nitrogens with one attached hydrogen (secondary N) is 1. The van der Waals surface area contributed by atoms with Gasteiger partial charge in [-0.3, -0.25) is 0 Å². The molecule has 0 bridgehead atoms. The van der Waals surface area contributed by atoms with Crippen molar-refractivity contribution in [2.75, 3.05) is 5.32 Å². The molecule has 82 valence electrons. The minimum Gasteiger partial charge on any atom is -0.393 e. The lowest BCUT2D eigenvalue weighted by Gasteiger charge is -2.16. The Balaban J connectivity index is 2.68. The van der Waals surface area contributed by atoms with Gasteiger partial charge in [0, 0.05) is 18.2 Å². The standard InChI is InChI=1S/C12H18N2S/c1-8-4-5-11(9(2)6-8)14-10(3)7-12(13)15/h4-6,10,14H,7H2,1-3H3,(H2,13,15). The van der Waals surface area contributed by atoms with Crippen LogP contribution in [0.25, 0.3) is 0 Å². The average Bonchev–Trinajstić information content (AvgIpc) is 2.08. The van der Waals surface area contributed by atoms with Crippen LogP contribution in [0.4, 0.5) is 5.69 Å². The van der Waals surface area contributed by atoms with Gasteiger partial charge in [0.1, 0.15) is 0 Å². The van der Waals surface area contributed by atoms with E-state index in [4.69, 9.17) is 18.0 Å². The van der Waals surface area contributed by atoms with Gasteiger partial charge in [-0.25, -0.2) is 0 Å². The Morgan fingerprint density at radius 1 is 1.47 bits per heavy atom. The highest BCUT2D eigenvalue weighted by Gasteiger charge is 2.05. The molecular weight excluding hydrogens is 204 g/mol. The van der Waals surface area contributed by atoms with Crippen LogP contribution in [0.5, 0.6) is 0 Å². The van der Waals surface area contributed by atoms with Gasteiger partial charge in [0.15, 0.2) is 0 Å². The van der Waals surface area contributed by atoms with Crippen molar-refractivity contribution in [3.8, 4) is 0 Å². The molecule has 1 atom stereocenters. The van der Waals surface area contributed by atoms with Gasteiger partial charge in [-0.05, 0) is 32.4 Å². The Bertz CT molecular complexity index is 361. The molecule has 0 aromatic heterocycles. The molecule has 0 heterocycles. The monoisotopic (exact) mass is 222 g/mol. The van der Waals surface area contributed by atoms with E-state index in [2.05, 4.69) is 44.3 Å². The van der Waals surface area contributed by atoms with Gasteiger partial charge in [0.2, 0.25) is 0 Å². The van der Waals surface area contributed by atoms with E-state index in [0.717, 1.165) is 12.1 Å². The summed E-state index contributed by atoms with van der Waals surface area (Å²) < 4.78 is 0. The van der Waals surface area contributed by atoms with E-state index in [-0.39, 0.29) is 6.04 Å². The van der Waals surface area contributed by atoms with Crippen LogP contribution in [0.2, 0.25) is 0 Å². The van der Waals surface area contributed by atoms with E-state index < -0.39 is 0 Å². The van der Waals surface area contributed by atoms with Crippen molar-refractivity contribution in [2.45, 2.75) is 33.2 Å². The van der Waals surface area contributed by atoms with Crippen molar-refractivity contribution in [1.29, 1.82) is 0 Å². The maximum Gasteiger partial charge on any atom is 0.0747 e. The van der Waals surface area contributed by atoms with E-state index in [1.54, 1.807) is 0 Å². The summed E-state index contributed by atoms with van der Waals surface area (Å²) in [4.78, 5) is 0.555. The Morgan fingerprint density at radius 2 is 2.13 bits per heavy atom. The third-order valence-electron chi connectivity index (χ3n) is 2.29. The highest BCUT2D eigenvalue weighted by atomic mass is 32.1. The van der Waals surface area contributed by atoms with Crippen LogP contribution in [0.1, 0.15) is 24.5 Å². The lowest BCUT2D eigenvalue weighted by atomic mass is 10.1. The minimum atomic E-state index is 0.281. The van der Waals surface area contributed by atoms with Gasteiger partial charge in [-0.1, -0.05) is 29.9 Å². The molecule has 0 aliphatic heterocycles. The number of aryl methyl sites for hydroxylation is 2. The molecule has 0 amide bonds. The first-order chi connectivity index (χ1) is 6.99. The number of rotatable bonds is 4. The van der Waals surface area contributed by atoms with E-state index >= 15 is 0 Å². The quantitative estimate of drug-likeness (QED) is 0.769. The Kier molecular flexibility index (Phi) is 4.09. The van der Waals surface area contributed by atoms with Gasteiger partial charge in [0.25, 0.3) is 0 Å². The molecule has 2 nitrogen and oxygen atoms in total. The largest absolute Gasteiger partial charge is 0.393 e. The second-order valence-corrected chi connectivity index (χ2v) is 4.56. The SMILES string of the molecule is Cc1ccc(NC(C)CC(N)=S)c(C)c1. The van der Waals surface area contributed by atoms with Crippen LogP contribution >= 0.6 is 12.2 Å². The Labute approximate surface area is 96.9 Å². The molecule has 1 rings (SSSR count). The Hall–Kier alpha value is -1.09. The lowest BCUT2D eigenvalue weighted by molar-refractivity contribution is 0.838. The molecule has 1 unspecified atom stereocenters. The topological polar surface area (TPSA) is 38.0 Å². The molecule has 0 saturated heterocycles. The smallest absolute Gasteiger partial charge is 0.0747 e. The minimum absolute atomic E-state index is 0.281. The summed E-state index contributed by atoms with van der Waals surface area (Å²) in [5, 5.41) is 3.40. The van der Waals surface area contributed by atoms with Crippen LogP contribution in [0.3, 0.4) is 0 Å². The summed E-state index contributed by atoms with van der Waals surface area (Å²) in [5.74, 6) is 0. The van der Waals surface area contributed by atoms with Crippen molar-refractivity contribution < 1.29 is 0 Å². The summed E-state index contributed by atoms with van der Waals surface area (Å²) in [6.45, 7) is 6.27. The fourth-order valence-electron chi connectivity index (χ4n) is 1.59. The molecule has 15 heavy (non-hydrogen) atoms. The van der Waals surface area contributed by atoms with E-state index in [1.807, 2.05) is 0 Å². The predicted molar refractivity (Wildman–Crippen MR) is 70.4 cm³/mol. The highest BCUT2D eigenvalue weighted by Crippen LogP contribution is 2.17. The average molecular weight is 222 g/mol. The zero-order valence-corrected chi connectivity index (χ0v) is 10.3. The number of anilines is 1. The van der Waals surface area contributed by atoms with Crippen molar-refractivity contribution >= 4 is 22.9 Å². The van der Waals surface area contributed by atoms with Crippen LogP contribution in [-0.2, 0) is 0 Å². The fraction of sp³-hybridized carbons (Fsp3) is 0.417. The second-order valence-electron chi connectivity index (χ2n) is 4.03. The van der Waals surface area contributed by atoms with Crippen LogP contribution in [0.15, 0.2) is 18.2 Å². The normalized spacial score (nSPS) is 12.2. The molecule has 0 fully saturated rings. The molecule has 0 spiro atoms. The van der Waals surface area contributed by atoms with Crippen molar-refractivity contribution in [3.63, 3.8) is 0 Å². The summed E-state index contributed by atoms with van der Waals surface area (Å²) >= 11 is 4.88. The van der Waals surface area contributed by atoms with Crippen molar-refractivity contribution in [3.05, 3.63) is 29.3 Å². The van der Waals surface area contributed by atoms with Gasteiger partial charge in [-0.15, -0.1) is 0 Å². The summed E-state index contributed by atoms with van der Waals surface area (Å²) in [6, 6.07) is 6.64. The van der Waals surface area contributed by atoms with Crippen molar-refractivity contribution in [1.82, 2.24) is 0 Å². The highest BCUT2D eigenvalue weighted by molar-refractivity contribution is 7.80. The molecular formula is C12H18N2S. The van der Waals surface area contributed by atoms with Gasteiger partial charge < -0.3 is 11.1 Å². The molecule has 0 aliphatic rings. The fourth-order valence-corrected chi connectivity index (χ4v) is 1.84. The summed E-state index contributed by atoms with van der Waals surface area (Å²) in [6.07, 6.45) is 0.725.